The molecule has 166 valence electrons. The average molecular weight is 489 g/mol. The Hall–Kier alpha value is -2.60. The predicted molar refractivity (Wildman–Crippen MR) is 131 cm³/mol. The first-order valence-electron chi connectivity index (χ1n) is 9.72. The summed E-state index contributed by atoms with van der Waals surface area (Å²) >= 11 is 13.8. The van der Waals surface area contributed by atoms with Crippen LogP contribution in [-0.4, -0.2) is 32.5 Å². The van der Waals surface area contributed by atoms with E-state index in [-0.39, 0.29) is 6.61 Å². The number of carbonyl (C=O) groups excluding carboxylic acids is 1. The number of benzene rings is 3. The molecule has 0 aliphatic rings. The van der Waals surface area contributed by atoms with E-state index in [9.17, 15) is 4.79 Å². The zero-order valence-electron chi connectivity index (χ0n) is 17.6. The fourth-order valence-electron chi connectivity index (χ4n) is 2.94. The molecule has 0 aromatic heterocycles. The number of hydrogen-bond donors (Lipinski definition) is 0. The van der Waals surface area contributed by atoms with E-state index in [2.05, 4.69) is 10.8 Å². The molecule has 0 atom stereocenters. The quantitative estimate of drug-likeness (QED) is 0.245. The molecule has 0 aliphatic carbocycles. The first-order valence-corrected chi connectivity index (χ1v) is 11.5. The molecule has 0 heterocycles. The molecule has 0 amide bonds. The Kier molecular flexibility index (Phi) is 8.91. The minimum absolute atomic E-state index is 0.173. The second-order valence-corrected chi connectivity index (χ2v) is 8.59. The molecule has 0 unspecified atom stereocenters. The summed E-state index contributed by atoms with van der Waals surface area (Å²) in [4.78, 5) is 12.3. The summed E-state index contributed by atoms with van der Waals surface area (Å²) in [7, 11) is 2.88. The van der Waals surface area contributed by atoms with Gasteiger partial charge in [-0.15, -0.1) is 11.8 Å². The standard InChI is InChI=1S/C25H22Cl2O4S/c1-29-24-15-21(11-12-23(24)31-16-25(28)30-2)32-14-13-22(17-3-7-19(26)8-4-17)18-5-9-20(27)10-6-18/h3-13,15H,14,16H2,1-2H3. The topological polar surface area (TPSA) is 44.8 Å². The molecule has 3 aromatic rings. The summed E-state index contributed by atoms with van der Waals surface area (Å²) in [6.45, 7) is -0.173. The maximum absolute atomic E-state index is 11.3. The van der Waals surface area contributed by atoms with Gasteiger partial charge in [0.2, 0.25) is 0 Å². The van der Waals surface area contributed by atoms with E-state index >= 15 is 0 Å². The number of rotatable bonds is 9. The molecule has 0 saturated carbocycles. The van der Waals surface area contributed by atoms with Crippen molar-refractivity contribution in [2.75, 3.05) is 26.6 Å². The van der Waals surface area contributed by atoms with Crippen LogP contribution >= 0.6 is 35.0 Å². The highest BCUT2D eigenvalue weighted by Gasteiger charge is 2.10. The molecule has 7 heteroatoms. The second-order valence-electron chi connectivity index (χ2n) is 6.62. The Bertz CT molecular complexity index is 1030. The van der Waals surface area contributed by atoms with Crippen LogP contribution < -0.4 is 9.47 Å². The van der Waals surface area contributed by atoms with E-state index in [1.807, 2.05) is 60.7 Å². The van der Waals surface area contributed by atoms with Crippen LogP contribution in [0.4, 0.5) is 0 Å². The van der Waals surface area contributed by atoms with Crippen molar-refractivity contribution in [2.45, 2.75) is 4.90 Å². The minimum Gasteiger partial charge on any atom is -0.493 e. The highest BCUT2D eigenvalue weighted by Crippen LogP contribution is 2.33. The summed E-state index contributed by atoms with van der Waals surface area (Å²) in [5.74, 6) is 1.32. The van der Waals surface area contributed by atoms with Gasteiger partial charge in [-0.05, 0) is 59.2 Å². The summed E-state index contributed by atoms with van der Waals surface area (Å²) < 4.78 is 15.5. The van der Waals surface area contributed by atoms with Gasteiger partial charge in [-0.25, -0.2) is 4.79 Å². The van der Waals surface area contributed by atoms with Gasteiger partial charge < -0.3 is 14.2 Å². The van der Waals surface area contributed by atoms with Gasteiger partial charge in [-0.1, -0.05) is 53.5 Å². The largest absolute Gasteiger partial charge is 0.493 e. The summed E-state index contributed by atoms with van der Waals surface area (Å²) in [5, 5.41) is 1.39. The number of halogens is 2. The lowest BCUT2D eigenvalue weighted by Gasteiger charge is -2.12. The Balaban J connectivity index is 1.77. The van der Waals surface area contributed by atoms with Crippen molar-refractivity contribution in [1.82, 2.24) is 0 Å². The molecule has 0 aliphatic heterocycles. The van der Waals surface area contributed by atoms with Crippen molar-refractivity contribution in [3.63, 3.8) is 0 Å². The number of thioether (sulfide) groups is 1. The third-order valence-electron chi connectivity index (χ3n) is 4.56. The Labute approximate surface area is 202 Å². The van der Waals surface area contributed by atoms with Crippen molar-refractivity contribution in [2.24, 2.45) is 0 Å². The number of esters is 1. The fraction of sp³-hybridized carbons (Fsp3) is 0.160. The summed E-state index contributed by atoms with van der Waals surface area (Å²) in [5.41, 5.74) is 3.23. The van der Waals surface area contributed by atoms with E-state index in [1.165, 1.54) is 7.11 Å². The minimum atomic E-state index is -0.451. The van der Waals surface area contributed by atoms with Crippen LogP contribution in [-0.2, 0) is 9.53 Å². The van der Waals surface area contributed by atoms with E-state index in [4.69, 9.17) is 32.7 Å². The van der Waals surface area contributed by atoms with Crippen LogP contribution in [0.1, 0.15) is 11.1 Å². The summed E-state index contributed by atoms with van der Waals surface area (Å²) in [6, 6.07) is 21.1. The van der Waals surface area contributed by atoms with Crippen molar-refractivity contribution in [3.05, 3.63) is 94.0 Å². The van der Waals surface area contributed by atoms with Gasteiger partial charge in [-0.2, -0.15) is 0 Å². The molecular formula is C25H22Cl2O4S. The molecule has 4 nitrogen and oxygen atoms in total. The second kappa shape index (κ2) is 11.9. The predicted octanol–water partition coefficient (Wildman–Crippen LogP) is 6.78. The molecule has 0 saturated heterocycles. The van der Waals surface area contributed by atoms with E-state index in [0.29, 0.717) is 21.5 Å². The molecule has 32 heavy (non-hydrogen) atoms. The molecule has 0 spiro atoms. The molecule has 0 radical (unpaired) electrons. The highest BCUT2D eigenvalue weighted by atomic mass is 35.5. The van der Waals surface area contributed by atoms with Crippen LogP contribution in [0.15, 0.2) is 77.7 Å². The first-order chi connectivity index (χ1) is 15.5. The average Bonchev–Trinajstić information content (AvgIpc) is 2.82. The van der Waals surface area contributed by atoms with E-state index in [1.54, 1.807) is 24.9 Å². The SMILES string of the molecule is COC(=O)COc1ccc(SCC=C(c2ccc(Cl)cc2)c2ccc(Cl)cc2)cc1OC. The van der Waals surface area contributed by atoms with Crippen LogP contribution in [0, 0.1) is 0 Å². The zero-order chi connectivity index (χ0) is 22.9. The van der Waals surface area contributed by atoms with Crippen molar-refractivity contribution >= 4 is 46.5 Å². The van der Waals surface area contributed by atoms with Crippen LogP contribution in [0.3, 0.4) is 0 Å². The van der Waals surface area contributed by atoms with Crippen molar-refractivity contribution in [3.8, 4) is 11.5 Å². The van der Waals surface area contributed by atoms with Crippen molar-refractivity contribution < 1.29 is 19.0 Å². The number of methoxy groups -OCH3 is 2. The lowest BCUT2D eigenvalue weighted by molar-refractivity contribution is -0.142. The van der Waals surface area contributed by atoms with Crippen LogP contribution in [0.5, 0.6) is 11.5 Å². The van der Waals surface area contributed by atoms with Crippen LogP contribution in [0.25, 0.3) is 5.57 Å². The molecule has 3 rings (SSSR count). The molecule has 3 aromatic carbocycles. The third-order valence-corrected chi connectivity index (χ3v) is 5.98. The first kappa shape index (κ1) is 24.1. The Morgan fingerprint density at radius 2 is 1.47 bits per heavy atom. The van der Waals surface area contributed by atoms with Crippen molar-refractivity contribution in [1.29, 1.82) is 0 Å². The Morgan fingerprint density at radius 3 is 2.00 bits per heavy atom. The van der Waals surface area contributed by atoms with Gasteiger partial charge in [0.1, 0.15) is 0 Å². The van der Waals surface area contributed by atoms with Crippen LogP contribution in [0.2, 0.25) is 10.0 Å². The number of carbonyl (C=O) groups is 1. The smallest absolute Gasteiger partial charge is 0.343 e. The number of ether oxygens (including phenoxy) is 3. The summed E-state index contributed by atoms with van der Waals surface area (Å²) in [6.07, 6.45) is 2.17. The van der Waals surface area contributed by atoms with Gasteiger partial charge in [0.05, 0.1) is 14.2 Å². The van der Waals surface area contributed by atoms with Gasteiger partial charge in [-0.3, -0.25) is 0 Å². The Morgan fingerprint density at radius 1 is 0.875 bits per heavy atom. The highest BCUT2D eigenvalue weighted by molar-refractivity contribution is 7.99. The zero-order valence-corrected chi connectivity index (χ0v) is 20.0. The normalized spacial score (nSPS) is 10.4. The third kappa shape index (κ3) is 6.70. The number of hydrogen-bond acceptors (Lipinski definition) is 5. The lowest BCUT2D eigenvalue weighted by atomic mass is 9.98. The maximum Gasteiger partial charge on any atom is 0.343 e. The van der Waals surface area contributed by atoms with E-state index < -0.39 is 5.97 Å². The molecule has 0 fully saturated rings. The van der Waals surface area contributed by atoms with Gasteiger partial charge in [0, 0.05) is 20.7 Å². The molecular weight excluding hydrogens is 467 g/mol. The molecule has 0 N–H and O–H groups in total. The molecule has 0 bridgehead atoms. The van der Waals surface area contributed by atoms with Gasteiger partial charge >= 0.3 is 5.97 Å². The fourth-order valence-corrected chi connectivity index (χ4v) is 3.98. The maximum atomic E-state index is 11.3. The monoisotopic (exact) mass is 488 g/mol. The van der Waals surface area contributed by atoms with Gasteiger partial charge in [0.15, 0.2) is 18.1 Å². The van der Waals surface area contributed by atoms with E-state index in [0.717, 1.165) is 27.3 Å². The van der Waals surface area contributed by atoms with Gasteiger partial charge in [0.25, 0.3) is 0 Å². The lowest BCUT2D eigenvalue weighted by Crippen LogP contribution is -2.12.